The SMILES string of the molecule is CCn1ncc(Br)c1CN(C)C(=O)Cn1nnc2ccccc21. The van der Waals surface area contributed by atoms with Gasteiger partial charge in [-0.2, -0.15) is 5.10 Å². The predicted molar refractivity (Wildman–Crippen MR) is 89.6 cm³/mol. The van der Waals surface area contributed by atoms with E-state index in [1.54, 1.807) is 22.8 Å². The van der Waals surface area contributed by atoms with Crippen molar-refractivity contribution < 1.29 is 4.79 Å². The van der Waals surface area contributed by atoms with Crippen LogP contribution < -0.4 is 0 Å². The molecule has 23 heavy (non-hydrogen) atoms. The number of carbonyl (C=O) groups is 1. The molecule has 0 spiro atoms. The average Bonchev–Trinajstić information content (AvgIpc) is 3.12. The van der Waals surface area contributed by atoms with Gasteiger partial charge in [-0.15, -0.1) is 5.10 Å². The van der Waals surface area contributed by atoms with Gasteiger partial charge >= 0.3 is 0 Å². The molecule has 0 aliphatic carbocycles. The topological polar surface area (TPSA) is 68.8 Å². The summed E-state index contributed by atoms with van der Waals surface area (Å²) in [5.74, 6) is -0.0311. The zero-order valence-electron chi connectivity index (χ0n) is 13.0. The number of carbonyl (C=O) groups excluding carboxylic acids is 1. The van der Waals surface area contributed by atoms with Crippen molar-refractivity contribution in [1.29, 1.82) is 0 Å². The van der Waals surface area contributed by atoms with Crippen LogP contribution >= 0.6 is 15.9 Å². The van der Waals surface area contributed by atoms with Crippen LogP contribution in [0.15, 0.2) is 34.9 Å². The minimum atomic E-state index is -0.0311. The summed E-state index contributed by atoms with van der Waals surface area (Å²) in [6.45, 7) is 3.43. The number of likely N-dealkylation sites (N-methyl/N-ethyl adjacent to an activating group) is 1. The number of rotatable bonds is 5. The Morgan fingerprint density at radius 2 is 2.09 bits per heavy atom. The summed E-state index contributed by atoms with van der Waals surface area (Å²) in [5, 5.41) is 12.4. The van der Waals surface area contributed by atoms with Crippen LogP contribution in [0, 0.1) is 0 Å². The van der Waals surface area contributed by atoms with Gasteiger partial charge in [-0.25, -0.2) is 4.68 Å². The van der Waals surface area contributed by atoms with Crippen LogP contribution in [0.4, 0.5) is 0 Å². The number of hydrogen-bond acceptors (Lipinski definition) is 4. The van der Waals surface area contributed by atoms with Gasteiger partial charge in [-0.05, 0) is 35.0 Å². The van der Waals surface area contributed by atoms with Crippen LogP contribution in [0.3, 0.4) is 0 Å². The maximum absolute atomic E-state index is 12.5. The summed E-state index contributed by atoms with van der Waals surface area (Å²) in [5.41, 5.74) is 2.62. The monoisotopic (exact) mass is 376 g/mol. The number of para-hydroxylation sites is 1. The Hall–Kier alpha value is -2.22. The Kier molecular flexibility index (Phi) is 4.42. The summed E-state index contributed by atoms with van der Waals surface area (Å²) in [7, 11) is 1.78. The molecular weight excluding hydrogens is 360 g/mol. The largest absolute Gasteiger partial charge is 0.338 e. The third-order valence-corrected chi connectivity index (χ3v) is 4.38. The van der Waals surface area contributed by atoms with Crippen molar-refractivity contribution in [3.8, 4) is 0 Å². The molecule has 8 heteroatoms. The summed E-state index contributed by atoms with van der Waals surface area (Å²) >= 11 is 3.48. The Labute approximate surface area is 142 Å². The molecule has 0 radical (unpaired) electrons. The molecule has 0 N–H and O–H groups in total. The maximum Gasteiger partial charge on any atom is 0.244 e. The van der Waals surface area contributed by atoms with Crippen LogP contribution in [0.25, 0.3) is 11.0 Å². The van der Waals surface area contributed by atoms with Crippen molar-refractivity contribution in [3.63, 3.8) is 0 Å². The Balaban J connectivity index is 1.74. The fourth-order valence-corrected chi connectivity index (χ4v) is 2.83. The highest BCUT2D eigenvalue weighted by Gasteiger charge is 2.16. The van der Waals surface area contributed by atoms with E-state index in [1.165, 1.54) is 0 Å². The van der Waals surface area contributed by atoms with Gasteiger partial charge in [0.25, 0.3) is 0 Å². The molecule has 7 nitrogen and oxygen atoms in total. The zero-order valence-corrected chi connectivity index (χ0v) is 14.6. The van der Waals surface area contributed by atoms with E-state index in [4.69, 9.17) is 0 Å². The highest BCUT2D eigenvalue weighted by Crippen LogP contribution is 2.18. The third-order valence-electron chi connectivity index (χ3n) is 3.72. The second-order valence-corrected chi connectivity index (χ2v) is 6.09. The first-order valence-corrected chi connectivity index (χ1v) is 8.11. The lowest BCUT2D eigenvalue weighted by Crippen LogP contribution is -2.31. The van der Waals surface area contributed by atoms with Crippen LogP contribution in [0.2, 0.25) is 0 Å². The zero-order chi connectivity index (χ0) is 16.4. The molecular formula is C15H17BrN6O. The van der Waals surface area contributed by atoms with Gasteiger partial charge in [0.05, 0.1) is 28.4 Å². The van der Waals surface area contributed by atoms with Crippen molar-refractivity contribution in [1.82, 2.24) is 29.7 Å². The standard InChI is InChI=1S/C15H17BrN6O/c1-3-21-14(11(16)8-17-21)9-20(2)15(23)10-22-13-7-5-4-6-12(13)18-19-22/h4-8H,3,9-10H2,1-2H3. The number of hydrogen-bond donors (Lipinski definition) is 0. The lowest BCUT2D eigenvalue weighted by atomic mass is 10.3. The lowest BCUT2D eigenvalue weighted by molar-refractivity contribution is -0.131. The van der Waals surface area contributed by atoms with Gasteiger partial charge in [0.2, 0.25) is 5.91 Å². The Morgan fingerprint density at radius 1 is 1.30 bits per heavy atom. The highest BCUT2D eigenvalue weighted by atomic mass is 79.9. The Morgan fingerprint density at radius 3 is 2.87 bits per heavy atom. The minimum Gasteiger partial charge on any atom is -0.338 e. The number of fused-ring (bicyclic) bond motifs is 1. The minimum absolute atomic E-state index is 0.0311. The van der Waals surface area contributed by atoms with Crippen LogP contribution in [-0.4, -0.2) is 42.6 Å². The number of benzene rings is 1. The van der Waals surface area contributed by atoms with E-state index in [0.717, 1.165) is 27.7 Å². The van der Waals surface area contributed by atoms with E-state index in [2.05, 4.69) is 31.3 Å². The van der Waals surface area contributed by atoms with Crippen molar-refractivity contribution in [2.24, 2.45) is 0 Å². The molecule has 0 aliphatic rings. The summed E-state index contributed by atoms with van der Waals surface area (Å²) in [6, 6.07) is 7.60. The highest BCUT2D eigenvalue weighted by molar-refractivity contribution is 9.10. The number of aromatic nitrogens is 5. The summed E-state index contributed by atoms with van der Waals surface area (Å²) < 4.78 is 4.41. The van der Waals surface area contributed by atoms with E-state index >= 15 is 0 Å². The average molecular weight is 377 g/mol. The van der Waals surface area contributed by atoms with Crippen LogP contribution in [0.5, 0.6) is 0 Å². The van der Waals surface area contributed by atoms with Gasteiger partial charge in [-0.3, -0.25) is 9.48 Å². The molecule has 0 bridgehead atoms. The molecule has 2 heterocycles. The molecule has 0 fully saturated rings. The number of amides is 1. The molecule has 0 atom stereocenters. The van der Waals surface area contributed by atoms with Gasteiger partial charge in [0, 0.05) is 13.6 Å². The Bertz CT molecular complexity index is 839. The third kappa shape index (κ3) is 3.12. The summed E-state index contributed by atoms with van der Waals surface area (Å²) in [4.78, 5) is 14.2. The van der Waals surface area contributed by atoms with Crippen LogP contribution in [-0.2, 0) is 24.4 Å². The second kappa shape index (κ2) is 6.49. The van der Waals surface area contributed by atoms with Crippen LogP contribution in [0.1, 0.15) is 12.6 Å². The smallest absolute Gasteiger partial charge is 0.244 e. The quantitative estimate of drug-likeness (QED) is 0.683. The van der Waals surface area contributed by atoms with Crippen molar-refractivity contribution in [2.75, 3.05) is 7.05 Å². The van der Waals surface area contributed by atoms with Gasteiger partial charge in [0.15, 0.2) is 0 Å². The molecule has 120 valence electrons. The number of nitrogens with zero attached hydrogens (tertiary/aromatic N) is 6. The van der Waals surface area contributed by atoms with Crippen molar-refractivity contribution >= 4 is 32.9 Å². The first-order valence-electron chi connectivity index (χ1n) is 7.32. The molecule has 0 aliphatic heterocycles. The summed E-state index contributed by atoms with van der Waals surface area (Å²) in [6.07, 6.45) is 1.75. The van der Waals surface area contributed by atoms with E-state index in [9.17, 15) is 4.79 Å². The van der Waals surface area contributed by atoms with Gasteiger partial charge in [0.1, 0.15) is 12.1 Å². The first-order chi connectivity index (χ1) is 11.1. The van der Waals surface area contributed by atoms with Crippen molar-refractivity contribution in [3.05, 3.63) is 40.6 Å². The molecule has 0 unspecified atom stereocenters. The molecule has 2 aromatic heterocycles. The predicted octanol–water partition coefficient (Wildman–Crippen LogP) is 2.07. The van der Waals surface area contributed by atoms with E-state index < -0.39 is 0 Å². The first kappa shape index (κ1) is 15.7. The van der Waals surface area contributed by atoms with Gasteiger partial charge in [-0.1, -0.05) is 17.3 Å². The van der Waals surface area contributed by atoms with E-state index in [1.807, 2.05) is 35.9 Å². The lowest BCUT2D eigenvalue weighted by Gasteiger charge is -2.18. The number of aryl methyl sites for hydroxylation is 1. The second-order valence-electron chi connectivity index (χ2n) is 5.24. The van der Waals surface area contributed by atoms with E-state index in [0.29, 0.717) is 6.54 Å². The van der Waals surface area contributed by atoms with Gasteiger partial charge < -0.3 is 4.90 Å². The molecule has 0 saturated heterocycles. The molecule has 1 aromatic carbocycles. The maximum atomic E-state index is 12.5. The fraction of sp³-hybridized carbons (Fsp3) is 0.333. The normalized spacial score (nSPS) is 11.1. The molecule has 3 aromatic rings. The van der Waals surface area contributed by atoms with E-state index in [-0.39, 0.29) is 12.5 Å². The number of halogens is 1. The molecule has 3 rings (SSSR count). The molecule has 1 amide bonds. The molecule has 0 saturated carbocycles. The fourth-order valence-electron chi connectivity index (χ4n) is 2.41. The van der Waals surface area contributed by atoms with Crippen molar-refractivity contribution in [2.45, 2.75) is 26.6 Å².